The van der Waals surface area contributed by atoms with Gasteiger partial charge >= 0.3 is 0 Å². The van der Waals surface area contributed by atoms with Crippen molar-refractivity contribution in [1.29, 1.82) is 0 Å². The number of benzene rings is 8. The van der Waals surface area contributed by atoms with Crippen molar-refractivity contribution in [1.82, 2.24) is 68.8 Å². The summed E-state index contributed by atoms with van der Waals surface area (Å²) in [6, 6.07) is 82.5. The first kappa shape index (κ1) is 105. The molecule has 0 aliphatic carbocycles. The Kier molecular flexibility index (Phi) is 37.5. The molecule has 16 rings (SSSR count). The van der Waals surface area contributed by atoms with E-state index in [1.54, 1.807) is 126 Å². The molecule has 2 aromatic heterocycles. The maximum Gasteiger partial charge on any atom is 0.247 e. The van der Waals surface area contributed by atoms with Crippen LogP contribution in [0.2, 0.25) is 0 Å². The van der Waals surface area contributed by atoms with Gasteiger partial charge in [0.2, 0.25) is 70.9 Å². The van der Waals surface area contributed by atoms with Crippen LogP contribution in [0.25, 0.3) is 0 Å². The van der Waals surface area contributed by atoms with Gasteiger partial charge in [-0.1, -0.05) is 289 Å². The van der Waals surface area contributed by atoms with Crippen LogP contribution in [-0.4, -0.2) is 235 Å². The molecule has 0 radical (unpaired) electrons. The maximum atomic E-state index is 13.1. The van der Waals surface area contributed by atoms with E-state index in [9.17, 15) is 57.5 Å². The number of carbonyl (C=O) groups is 12. The van der Waals surface area contributed by atoms with Gasteiger partial charge in [-0.2, -0.15) is 0 Å². The van der Waals surface area contributed by atoms with Gasteiger partial charge in [-0.25, -0.2) is 0 Å². The molecule has 12 atom stereocenters. The first-order chi connectivity index (χ1) is 66.7. The van der Waals surface area contributed by atoms with Gasteiger partial charge in [-0.15, -0.1) is 0 Å². The number of aromatic nitrogens is 2. The lowest BCUT2D eigenvalue weighted by molar-refractivity contribution is -0.137. The minimum absolute atomic E-state index is 0.00200. The maximum absolute atomic E-state index is 13.1. The fourth-order valence-electron chi connectivity index (χ4n) is 19.4. The molecule has 2 N–H and O–H groups in total. The monoisotopic (exact) mass is 1890 g/mol. The normalized spacial score (nSPS) is 21.0. The first-order valence-electron chi connectivity index (χ1n) is 47.6. The molecule has 6 aliphatic rings. The van der Waals surface area contributed by atoms with Crippen LogP contribution in [-0.2, 0) is 83.2 Å². The van der Waals surface area contributed by atoms with E-state index in [0.717, 1.165) is 62.1 Å². The molecule has 6 aliphatic heterocycles. The minimum atomic E-state index is -1.44. The Morgan fingerprint density at radius 1 is 0.288 bits per heavy atom. The summed E-state index contributed by atoms with van der Waals surface area (Å²) in [6.45, 7) is 16.4. The zero-order valence-electron chi connectivity index (χ0n) is 82.2. The van der Waals surface area contributed by atoms with Crippen molar-refractivity contribution in [3.63, 3.8) is 0 Å². The molecule has 6 saturated heterocycles. The Bertz CT molecular complexity index is 5520. The Morgan fingerprint density at radius 3 is 0.719 bits per heavy atom. The molecular weight excluding hydrogens is 1750 g/mol. The van der Waals surface area contributed by atoms with Crippen molar-refractivity contribution < 1.29 is 67.7 Å². The molecule has 730 valence electrons. The van der Waals surface area contributed by atoms with Gasteiger partial charge in [0.1, 0.15) is 73.2 Å². The van der Waals surface area contributed by atoms with Crippen molar-refractivity contribution in [2.24, 2.45) is 11.8 Å². The second kappa shape index (κ2) is 49.6. The van der Waals surface area contributed by atoms with E-state index in [0.29, 0.717) is 63.2 Å². The van der Waals surface area contributed by atoms with Gasteiger partial charge in [0.25, 0.3) is 0 Å². The molecule has 0 spiro atoms. The highest BCUT2D eigenvalue weighted by molar-refractivity contribution is 5.95. The second-order valence-corrected chi connectivity index (χ2v) is 36.7. The first-order valence-corrected chi connectivity index (χ1v) is 47.6. The topological polar surface area (TPSA) is 310 Å². The average Bonchev–Trinajstić information content (AvgIpc) is 1.65. The molecule has 0 saturated carbocycles. The predicted octanol–water partition coefficient (Wildman–Crippen LogP) is 14.3. The van der Waals surface area contributed by atoms with Gasteiger partial charge in [0.15, 0.2) is 6.29 Å². The van der Waals surface area contributed by atoms with Crippen molar-refractivity contribution in [3.05, 3.63) is 347 Å². The molecule has 8 aromatic carbocycles. The fourth-order valence-corrected chi connectivity index (χ4v) is 19.4. The van der Waals surface area contributed by atoms with Crippen LogP contribution in [0.5, 0.6) is 0 Å². The quantitative estimate of drug-likeness (QED) is 0.0531. The highest BCUT2D eigenvalue weighted by atomic mass is 16.5. The molecule has 28 nitrogen and oxygen atoms in total. The average molecular weight is 1890 g/mol. The van der Waals surface area contributed by atoms with E-state index in [1.165, 1.54) is 27.7 Å². The van der Waals surface area contributed by atoms with Crippen LogP contribution >= 0.6 is 0 Å². The summed E-state index contributed by atoms with van der Waals surface area (Å²) in [5.74, 6) is 0.183. The number of pyridine rings is 2. The molecule has 10 aromatic rings. The largest absolute Gasteiger partial charge is 0.368 e. The Balaban J connectivity index is 0.000000160. The van der Waals surface area contributed by atoms with Crippen LogP contribution < -0.4 is 0 Å². The summed E-state index contributed by atoms with van der Waals surface area (Å²) in [5.41, 5.74) is 9.62. The molecule has 6 fully saturated rings. The standard InChI is InChI=1S/C21H25N3O4.C21H24N2O2.C19H20N2O2.C18H19N3O2.2C16H22N2O2/c1-23-20(16-8-3-2-4-9-16)24(18(25)10-5-11-19(26)27)17(21(23)28)13-15-7-6-12-22-14-15;1-3-10-19(24)23-18(15-16-11-6-4-7-12-16)21(25)22(2)20(23)17-13-8-5-9-14-17;1-14(22)21-17(13-15-9-5-3-6-10-15)19(23)20(2)18(21)16-11-7-4-8-12-16;1-13(22)21-16(11-14-7-6-10-19-12-14)18(23)20(2)17(21)15-8-4-3-5-9-15;2*1-11(2)10-14-16(20)17(4)15(18(14)12(3)19)13-8-6-5-7-9-13/h2-4,6-9,12,14,17,19-20,26-27H,5,10-11,13H2,1H3;4-9,11-14,18,20H,3,10,15H2,1-2H3;3-12,17-18H,13H2,1-2H3;3-10,12,16-17H,11H2,1-2H3;2*5-9,11,14-15H,10H2,1-4H3. The fraction of sp³-hybridized carbons (Fsp3) is 0.369. The number of aliphatic hydroxyl groups excluding tert-OH is 1. The van der Waals surface area contributed by atoms with E-state index in [2.05, 4.69) is 37.7 Å². The van der Waals surface area contributed by atoms with E-state index >= 15 is 0 Å². The highest BCUT2D eigenvalue weighted by Crippen LogP contribution is 2.43. The Morgan fingerprint density at radius 2 is 0.496 bits per heavy atom. The molecule has 139 heavy (non-hydrogen) atoms. The number of aliphatic hydroxyl groups is 2. The van der Waals surface area contributed by atoms with Gasteiger partial charge in [-0.05, 0) is 112 Å². The number of carbonyl (C=O) groups excluding carboxylic acids is 12. The summed E-state index contributed by atoms with van der Waals surface area (Å²) in [4.78, 5) is 179. The molecule has 8 heterocycles. The predicted molar refractivity (Wildman–Crippen MR) is 530 cm³/mol. The lowest BCUT2D eigenvalue weighted by atomic mass is 10.0. The molecular formula is C111H132N14O14. The number of hydrogen-bond donors (Lipinski definition) is 2. The SMILES string of the molecule is CC(=O)N1C(CC(C)C)C(=O)N(C)C1c1ccccc1.CC(=O)N1C(CC(C)C)C(=O)N(C)C1c1ccccc1.CC(=O)N1C(Cc2ccccc2)C(=O)N(C)C1c1ccccc1.CC(=O)N1C(Cc2cccnc2)C(=O)N(C)C1c1ccccc1.CCCC(=O)N1C(Cc2ccccc2)C(=O)N(C)C1c1ccccc1.CN1C(=O)C(Cc2cccnc2)N(C(=O)CCCC(O)O)C1c1ccccc1. The third-order valence-corrected chi connectivity index (χ3v) is 25.8. The Labute approximate surface area is 816 Å². The summed E-state index contributed by atoms with van der Waals surface area (Å²) in [7, 11) is 10.6. The van der Waals surface area contributed by atoms with Crippen molar-refractivity contribution in [3.8, 4) is 0 Å². The van der Waals surface area contributed by atoms with Gasteiger partial charge in [-0.3, -0.25) is 67.5 Å². The molecule has 0 bridgehead atoms. The van der Waals surface area contributed by atoms with Gasteiger partial charge in [0, 0.05) is 133 Å². The van der Waals surface area contributed by atoms with E-state index < -0.39 is 36.6 Å². The number of rotatable bonds is 24. The van der Waals surface area contributed by atoms with E-state index in [1.807, 2.05) is 274 Å². The summed E-state index contributed by atoms with van der Waals surface area (Å²) >= 11 is 0. The number of likely N-dealkylation sites (N-methyl/N-ethyl adjacent to an activating group) is 6. The van der Waals surface area contributed by atoms with Crippen LogP contribution in [0, 0.1) is 11.8 Å². The summed E-state index contributed by atoms with van der Waals surface area (Å²) < 4.78 is 0. The van der Waals surface area contributed by atoms with Crippen LogP contribution in [0.3, 0.4) is 0 Å². The lowest BCUT2D eigenvalue weighted by Gasteiger charge is -2.30. The number of hydrogen-bond acceptors (Lipinski definition) is 16. The number of amides is 12. The Hall–Kier alpha value is -14.4. The van der Waals surface area contributed by atoms with Crippen molar-refractivity contribution in [2.45, 2.75) is 212 Å². The van der Waals surface area contributed by atoms with Crippen LogP contribution in [0.4, 0.5) is 0 Å². The van der Waals surface area contributed by atoms with E-state index in [4.69, 9.17) is 10.2 Å². The second-order valence-electron chi connectivity index (χ2n) is 36.7. The zero-order valence-corrected chi connectivity index (χ0v) is 82.2. The van der Waals surface area contributed by atoms with Crippen molar-refractivity contribution in [2.75, 3.05) is 42.3 Å². The number of nitrogens with zero attached hydrogens (tertiary/aromatic N) is 14. The summed E-state index contributed by atoms with van der Waals surface area (Å²) in [5, 5.41) is 18.1. The highest BCUT2D eigenvalue weighted by Gasteiger charge is 2.53. The molecule has 28 heteroatoms. The van der Waals surface area contributed by atoms with Crippen LogP contribution in [0.15, 0.2) is 292 Å². The third kappa shape index (κ3) is 25.7. The van der Waals surface area contributed by atoms with Gasteiger partial charge < -0.3 is 69.0 Å². The minimum Gasteiger partial charge on any atom is -0.368 e. The van der Waals surface area contributed by atoms with Crippen molar-refractivity contribution >= 4 is 70.9 Å². The lowest BCUT2D eigenvalue weighted by Crippen LogP contribution is -2.41. The van der Waals surface area contributed by atoms with Gasteiger partial charge in [0.05, 0.1) is 0 Å². The zero-order chi connectivity index (χ0) is 100. The van der Waals surface area contributed by atoms with E-state index in [-0.39, 0.29) is 127 Å². The smallest absolute Gasteiger partial charge is 0.247 e. The van der Waals surface area contributed by atoms with Crippen LogP contribution in [0.1, 0.15) is 200 Å². The molecule has 12 unspecified atom stereocenters. The molecule has 12 amide bonds. The third-order valence-electron chi connectivity index (χ3n) is 25.8. The summed E-state index contributed by atoms with van der Waals surface area (Å²) in [6.07, 6.45) is 8.44.